The van der Waals surface area contributed by atoms with Crippen molar-refractivity contribution in [3.05, 3.63) is 41.9 Å². The van der Waals surface area contributed by atoms with Crippen LogP contribution in [0, 0.1) is 11.3 Å². The lowest BCUT2D eigenvalue weighted by Crippen LogP contribution is -2.21. The predicted molar refractivity (Wildman–Crippen MR) is 68.6 cm³/mol. The lowest BCUT2D eigenvalue weighted by molar-refractivity contribution is 0.473. The molecule has 0 aliphatic heterocycles. The molecule has 18 heavy (non-hydrogen) atoms. The standard InChI is InChI=1S/C14H15N3O/c1-10(2)17-9-13-3-4-14(18-13)12-5-11(6-15)7-16-8-12/h3-5,7-8,10,17H,9H2,1-2H3. The molecule has 0 saturated heterocycles. The molecule has 2 rings (SSSR count). The van der Waals surface area contributed by atoms with Crippen molar-refractivity contribution in [3.63, 3.8) is 0 Å². The molecule has 2 aromatic heterocycles. The third kappa shape index (κ3) is 2.96. The summed E-state index contributed by atoms with van der Waals surface area (Å²) in [7, 11) is 0. The highest BCUT2D eigenvalue weighted by Crippen LogP contribution is 2.22. The van der Waals surface area contributed by atoms with Gasteiger partial charge in [-0.05, 0) is 18.2 Å². The zero-order chi connectivity index (χ0) is 13.0. The number of nitriles is 1. The topological polar surface area (TPSA) is 61.9 Å². The lowest BCUT2D eigenvalue weighted by atomic mass is 10.2. The Hall–Kier alpha value is -2.12. The average molecular weight is 241 g/mol. The van der Waals surface area contributed by atoms with Crippen LogP contribution in [0.25, 0.3) is 11.3 Å². The molecule has 0 saturated carbocycles. The Morgan fingerprint density at radius 1 is 1.39 bits per heavy atom. The Kier molecular flexibility index (Phi) is 3.75. The summed E-state index contributed by atoms with van der Waals surface area (Å²) in [6, 6.07) is 8.09. The van der Waals surface area contributed by atoms with Gasteiger partial charge in [0.25, 0.3) is 0 Å². The largest absolute Gasteiger partial charge is 0.460 e. The number of pyridine rings is 1. The molecule has 4 heteroatoms. The fraction of sp³-hybridized carbons (Fsp3) is 0.286. The van der Waals surface area contributed by atoms with Gasteiger partial charge >= 0.3 is 0 Å². The van der Waals surface area contributed by atoms with Crippen molar-refractivity contribution in [2.45, 2.75) is 26.4 Å². The number of aromatic nitrogens is 1. The van der Waals surface area contributed by atoms with Crippen LogP contribution in [0.1, 0.15) is 25.2 Å². The van der Waals surface area contributed by atoms with Crippen LogP contribution in [-0.4, -0.2) is 11.0 Å². The minimum absolute atomic E-state index is 0.419. The van der Waals surface area contributed by atoms with E-state index in [4.69, 9.17) is 9.68 Å². The summed E-state index contributed by atoms with van der Waals surface area (Å²) < 4.78 is 5.71. The minimum atomic E-state index is 0.419. The highest BCUT2D eigenvalue weighted by Gasteiger charge is 2.06. The number of furan rings is 1. The minimum Gasteiger partial charge on any atom is -0.460 e. The fourth-order valence-electron chi connectivity index (χ4n) is 1.57. The number of nitrogens with zero attached hydrogens (tertiary/aromatic N) is 2. The second-order valence-electron chi connectivity index (χ2n) is 4.38. The summed E-state index contributed by atoms with van der Waals surface area (Å²) in [5.41, 5.74) is 1.36. The summed E-state index contributed by atoms with van der Waals surface area (Å²) in [5, 5.41) is 12.1. The molecule has 0 aromatic carbocycles. The van der Waals surface area contributed by atoms with E-state index in [1.165, 1.54) is 6.20 Å². The van der Waals surface area contributed by atoms with Crippen molar-refractivity contribution in [1.82, 2.24) is 10.3 Å². The quantitative estimate of drug-likeness (QED) is 0.894. The van der Waals surface area contributed by atoms with Gasteiger partial charge in [-0.1, -0.05) is 13.8 Å². The van der Waals surface area contributed by atoms with Crippen LogP contribution in [0.3, 0.4) is 0 Å². The first-order valence-electron chi connectivity index (χ1n) is 5.86. The lowest BCUT2D eigenvalue weighted by Gasteiger charge is -2.05. The number of nitrogens with one attached hydrogen (secondary N) is 1. The van der Waals surface area contributed by atoms with Gasteiger partial charge < -0.3 is 9.73 Å². The smallest absolute Gasteiger partial charge is 0.135 e. The van der Waals surface area contributed by atoms with Crippen molar-refractivity contribution in [1.29, 1.82) is 5.26 Å². The Morgan fingerprint density at radius 3 is 2.94 bits per heavy atom. The second kappa shape index (κ2) is 5.48. The van der Waals surface area contributed by atoms with Crippen molar-refractivity contribution < 1.29 is 4.42 Å². The Labute approximate surface area is 106 Å². The number of rotatable bonds is 4. The van der Waals surface area contributed by atoms with E-state index in [2.05, 4.69) is 30.2 Å². The van der Waals surface area contributed by atoms with Gasteiger partial charge in [0.2, 0.25) is 0 Å². The molecular weight excluding hydrogens is 226 g/mol. The molecule has 0 fully saturated rings. The fourth-order valence-corrected chi connectivity index (χ4v) is 1.57. The van der Waals surface area contributed by atoms with E-state index < -0.39 is 0 Å². The highest BCUT2D eigenvalue weighted by molar-refractivity contribution is 5.58. The van der Waals surface area contributed by atoms with Crippen molar-refractivity contribution in [2.24, 2.45) is 0 Å². The Bertz CT molecular complexity index is 566. The van der Waals surface area contributed by atoms with Gasteiger partial charge in [0.15, 0.2) is 0 Å². The van der Waals surface area contributed by atoms with E-state index in [-0.39, 0.29) is 0 Å². The average Bonchev–Trinajstić information content (AvgIpc) is 2.85. The maximum Gasteiger partial charge on any atom is 0.135 e. The molecule has 0 amide bonds. The summed E-state index contributed by atoms with van der Waals surface area (Å²) >= 11 is 0. The van der Waals surface area contributed by atoms with Gasteiger partial charge in [0.1, 0.15) is 17.6 Å². The van der Waals surface area contributed by atoms with E-state index in [9.17, 15) is 0 Å². The molecule has 1 N–H and O–H groups in total. The first-order chi connectivity index (χ1) is 8.69. The maximum atomic E-state index is 8.83. The first kappa shape index (κ1) is 12.3. The second-order valence-corrected chi connectivity index (χ2v) is 4.38. The molecule has 0 aliphatic rings. The summed E-state index contributed by atoms with van der Waals surface area (Å²) in [5.74, 6) is 1.61. The monoisotopic (exact) mass is 241 g/mol. The van der Waals surface area contributed by atoms with Crippen LogP contribution < -0.4 is 5.32 Å². The third-order valence-corrected chi connectivity index (χ3v) is 2.50. The van der Waals surface area contributed by atoms with E-state index in [0.29, 0.717) is 18.2 Å². The zero-order valence-electron chi connectivity index (χ0n) is 10.5. The molecule has 4 nitrogen and oxygen atoms in total. The van der Waals surface area contributed by atoms with Gasteiger partial charge in [-0.2, -0.15) is 5.26 Å². The molecular formula is C14H15N3O. The first-order valence-corrected chi connectivity index (χ1v) is 5.86. The third-order valence-electron chi connectivity index (χ3n) is 2.50. The molecule has 2 aromatic rings. The Balaban J connectivity index is 2.16. The highest BCUT2D eigenvalue weighted by atomic mass is 16.3. The molecule has 0 spiro atoms. The van der Waals surface area contributed by atoms with Gasteiger partial charge in [-0.3, -0.25) is 4.98 Å². The van der Waals surface area contributed by atoms with Crippen LogP contribution in [-0.2, 0) is 6.54 Å². The molecule has 0 atom stereocenters. The van der Waals surface area contributed by atoms with Gasteiger partial charge in [-0.25, -0.2) is 0 Å². The van der Waals surface area contributed by atoms with E-state index >= 15 is 0 Å². The van der Waals surface area contributed by atoms with E-state index in [0.717, 1.165) is 17.1 Å². The zero-order valence-corrected chi connectivity index (χ0v) is 10.5. The van der Waals surface area contributed by atoms with Crippen LogP contribution in [0.15, 0.2) is 35.0 Å². The van der Waals surface area contributed by atoms with E-state index in [1.807, 2.05) is 12.1 Å². The van der Waals surface area contributed by atoms with Crippen LogP contribution in [0.5, 0.6) is 0 Å². The SMILES string of the molecule is CC(C)NCc1ccc(-c2cncc(C#N)c2)o1. The predicted octanol–water partition coefficient (Wildman–Crippen LogP) is 2.71. The van der Waals surface area contributed by atoms with Crippen molar-refractivity contribution >= 4 is 0 Å². The van der Waals surface area contributed by atoms with E-state index in [1.54, 1.807) is 12.3 Å². The maximum absolute atomic E-state index is 8.83. The van der Waals surface area contributed by atoms with Gasteiger partial charge in [0.05, 0.1) is 12.1 Å². The molecule has 2 heterocycles. The van der Waals surface area contributed by atoms with Gasteiger partial charge in [-0.15, -0.1) is 0 Å². The molecule has 0 bridgehead atoms. The molecule has 0 unspecified atom stereocenters. The van der Waals surface area contributed by atoms with Crippen LogP contribution >= 0.6 is 0 Å². The van der Waals surface area contributed by atoms with Crippen molar-refractivity contribution in [3.8, 4) is 17.4 Å². The van der Waals surface area contributed by atoms with Gasteiger partial charge in [0, 0.05) is 24.0 Å². The summed E-state index contributed by atoms with van der Waals surface area (Å²) in [6.07, 6.45) is 3.23. The summed E-state index contributed by atoms with van der Waals surface area (Å²) in [6.45, 7) is 4.87. The number of hydrogen-bond donors (Lipinski definition) is 1. The molecule has 0 aliphatic carbocycles. The normalized spacial score (nSPS) is 10.6. The van der Waals surface area contributed by atoms with Crippen molar-refractivity contribution in [2.75, 3.05) is 0 Å². The van der Waals surface area contributed by atoms with Crippen LogP contribution in [0.2, 0.25) is 0 Å². The Morgan fingerprint density at radius 2 is 2.22 bits per heavy atom. The summed E-state index contributed by atoms with van der Waals surface area (Å²) in [4.78, 5) is 4.02. The van der Waals surface area contributed by atoms with Crippen LogP contribution in [0.4, 0.5) is 0 Å². The molecule has 0 radical (unpaired) electrons. The molecule has 92 valence electrons. The number of hydrogen-bond acceptors (Lipinski definition) is 4.